The monoisotopic (exact) mass is 404 g/mol. The van der Waals surface area contributed by atoms with E-state index in [4.69, 9.17) is 21.6 Å². The molecular weight excluding hydrogens is 380 g/mol. The first-order valence-electron chi connectivity index (χ1n) is 10.2. The SMILES string of the molecule is CC1(C)Cc2ccccc2CN1c1cc(C2CC2)nc(Nc2cccc(Cl)c2)n1. The molecule has 2 heterocycles. The van der Waals surface area contributed by atoms with Crippen LogP contribution >= 0.6 is 11.6 Å². The van der Waals surface area contributed by atoms with Gasteiger partial charge in [-0.1, -0.05) is 41.9 Å². The topological polar surface area (TPSA) is 41.1 Å². The summed E-state index contributed by atoms with van der Waals surface area (Å²) in [6, 6.07) is 18.6. The third-order valence-electron chi connectivity index (χ3n) is 5.89. The van der Waals surface area contributed by atoms with Gasteiger partial charge >= 0.3 is 0 Å². The number of fused-ring (bicyclic) bond motifs is 1. The molecular formula is C24H25ClN4. The number of halogens is 1. The van der Waals surface area contributed by atoms with Crippen LogP contribution in [0.25, 0.3) is 0 Å². The first-order valence-corrected chi connectivity index (χ1v) is 10.6. The fourth-order valence-electron chi connectivity index (χ4n) is 4.15. The number of hydrogen-bond acceptors (Lipinski definition) is 4. The van der Waals surface area contributed by atoms with Gasteiger partial charge in [0.15, 0.2) is 0 Å². The average molecular weight is 405 g/mol. The molecule has 0 radical (unpaired) electrons. The van der Waals surface area contributed by atoms with Gasteiger partial charge in [-0.15, -0.1) is 0 Å². The van der Waals surface area contributed by atoms with Gasteiger partial charge in [0.05, 0.1) is 5.69 Å². The highest BCUT2D eigenvalue weighted by atomic mass is 35.5. The first-order chi connectivity index (χ1) is 14.0. The number of nitrogens with one attached hydrogen (secondary N) is 1. The number of rotatable bonds is 4. The van der Waals surface area contributed by atoms with Crippen molar-refractivity contribution in [2.45, 2.75) is 51.1 Å². The second kappa shape index (κ2) is 7.03. The predicted octanol–water partition coefficient (Wildman–Crippen LogP) is 6.09. The molecule has 1 aliphatic carbocycles. The third kappa shape index (κ3) is 3.82. The normalized spacial score (nSPS) is 17.7. The second-order valence-electron chi connectivity index (χ2n) is 8.73. The zero-order valence-corrected chi connectivity index (χ0v) is 17.6. The van der Waals surface area contributed by atoms with E-state index in [1.54, 1.807) is 0 Å². The quantitative estimate of drug-likeness (QED) is 0.571. The van der Waals surface area contributed by atoms with E-state index < -0.39 is 0 Å². The minimum absolute atomic E-state index is 0.0170. The van der Waals surface area contributed by atoms with Crippen molar-refractivity contribution in [3.63, 3.8) is 0 Å². The summed E-state index contributed by atoms with van der Waals surface area (Å²) in [7, 11) is 0. The van der Waals surface area contributed by atoms with Crippen LogP contribution in [0.1, 0.15) is 49.4 Å². The van der Waals surface area contributed by atoms with Gasteiger partial charge in [-0.05, 0) is 62.4 Å². The minimum atomic E-state index is -0.0170. The van der Waals surface area contributed by atoms with Crippen LogP contribution in [0.2, 0.25) is 5.02 Å². The van der Waals surface area contributed by atoms with E-state index in [0.29, 0.717) is 16.9 Å². The molecule has 1 saturated carbocycles. The van der Waals surface area contributed by atoms with E-state index in [1.165, 1.54) is 24.0 Å². The Morgan fingerprint density at radius 2 is 1.79 bits per heavy atom. The highest BCUT2D eigenvalue weighted by Crippen LogP contribution is 2.42. The van der Waals surface area contributed by atoms with Crippen LogP contribution in [-0.4, -0.2) is 15.5 Å². The summed E-state index contributed by atoms with van der Waals surface area (Å²) in [6.45, 7) is 5.46. The van der Waals surface area contributed by atoms with Gasteiger partial charge in [-0.2, -0.15) is 4.98 Å². The summed E-state index contributed by atoms with van der Waals surface area (Å²) in [5.74, 6) is 2.18. The maximum absolute atomic E-state index is 6.15. The summed E-state index contributed by atoms with van der Waals surface area (Å²) in [4.78, 5) is 12.2. The van der Waals surface area contributed by atoms with Gasteiger partial charge in [-0.3, -0.25) is 0 Å². The molecule has 0 amide bonds. The van der Waals surface area contributed by atoms with Gasteiger partial charge < -0.3 is 10.2 Å². The molecule has 2 aromatic carbocycles. The van der Waals surface area contributed by atoms with Crippen molar-refractivity contribution >= 4 is 29.1 Å². The molecule has 1 N–H and O–H groups in total. The summed E-state index contributed by atoms with van der Waals surface area (Å²) < 4.78 is 0. The highest BCUT2D eigenvalue weighted by molar-refractivity contribution is 6.30. The first kappa shape index (κ1) is 18.4. The molecule has 3 aromatic rings. The van der Waals surface area contributed by atoms with E-state index in [9.17, 15) is 0 Å². The molecule has 0 bridgehead atoms. The van der Waals surface area contributed by atoms with Crippen molar-refractivity contribution in [1.29, 1.82) is 0 Å². The number of aromatic nitrogens is 2. The van der Waals surface area contributed by atoms with E-state index in [1.807, 2.05) is 24.3 Å². The Morgan fingerprint density at radius 1 is 1.00 bits per heavy atom. The van der Waals surface area contributed by atoms with Crippen LogP contribution < -0.4 is 10.2 Å². The van der Waals surface area contributed by atoms with Crippen LogP contribution in [0.5, 0.6) is 0 Å². The molecule has 1 aromatic heterocycles. The van der Waals surface area contributed by atoms with Crippen molar-refractivity contribution in [3.05, 3.63) is 76.4 Å². The van der Waals surface area contributed by atoms with Crippen molar-refractivity contribution < 1.29 is 0 Å². The van der Waals surface area contributed by atoms with E-state index in [-0.39, 0.29) is 5.54 Å². The highest BCUT2D eigenvalue weighted by Gasteiger charge is 2.35. The fourth-order valence-corrected chi connectivity index (χ4v) is 4.34. The van der Waals surface area contributed by atoms with Gasteiger partial charge in [0.1, 0.15) is 5.82 Å². The van der Waals surface area contributed by atoms with Gasteiger partial charge in [0.25, 0.3) is 0 Å². The van der Waals surface area contributed by atoms with E-state index in [0.717, 1.165) is 30.2 Å². The molecule has 2 aliphatic rings. The maximum atomic E-state index is 6.15. The molecule has 4 nitrogen and oxygen atoms in total. The Balaban J connectivity index is 1.53. The smallest absolute Gasteiger partial charge is 0.229 e. The third-order valence-corrected chi connectivity index (χ3v) is 6.12. The molecule has 29 heavy (non-hydrogen) atoms. The zero-order valence-electron chi connectivity index (χ0n) is 16.8. The van der Waals surface area contributed by atoms with Crippen LogP contribution in [0, 0.1) is 0 Å². The molecule has 5 heteroatoms. The summed E-state index contributed by atoms with van der Waals surface area (Å²) in [5.41, 5.74) is 4.83. The molecule has 1 fully saturated rings. The Hall–Kier alpha value is -2.59. The van der Waals surface area contributed by atoms with E-state index >= 15 is 0 Å². The van der Waals surface area contributed by atoms with E-state index in [2.05, 4.69) is 54.4 Å². The lowest BCUT2D eigenvalue weighted by Gasteiger charge is -2.44. The Labute approximate surface area is 177 Å². The Morgan fingerprint density at radius 3 is 2.55 bits per heavy atom. The van der Waals surface area contributed by atoms with Crippen LogP contribution in [0.3, 0.4) is 0 Å². The van der Waals surface area contributed by atoms with Crippen molar-refractivity contribution in [1.82, 2.24) is 9.97 Å². The number of hydrogen-bond donors (Lipinski definition) is 1. The summed E-state index contributed by atoms with van der Waals surface area (Å²) in [6.07, 6.45) is 3.42. The van der Waals surface area contributed by atoms with Gasteiger partial charge in [0.2, 0.25) is 5.95 Å². The molecule has 148 valence electrons. The van der Waals surface area contributed by atoms with Crippen LogP contribution in [-0.2, 0) is 13.0 Å². The molecule has 0 atom stereocenters. The Kier molecular flexibility index (Phi) is 4.47. The van der Waals surface area contributed by atoms with Crippen LogP contribution in [0.15, 0.2) is 54.6 Å². The number of benzene rings is 2. The lowest BCUT2D eigenvalue weighted by atomic mass is 9.85. The van der Waals surface area contributed by atoms with Crippen LogP contribution in [0.4, 0.5) is 17.5 Å². The second-order valence-corrected chi connectivity index (χ2v) is 9.16. The van der Waals surface area contributed by atoms with Crippen molar-refractivity contribution in [2.75, 3.05) is 10.2 Å². The van der Waals surface area contributed by atoms with Crippen molar-refractivity contribution in [2.24, 2.45) is 0 Å². The molecule has 0 unspecified atom stereocenters. The van der Waals surface area contributed by atoms with Gasteiger partial charge in [0, 0.05) is 34.8 Å². The summed E-state index contributed by atoms with van der Waals surface area (Å²) in [5, 5.41) is 4.06. The Bertz CT molecular complexity index is 1060. The van der Waals surface area contributed by atoms with Gasteiger partial charge in [-0.25, -0.2) is 4.98 Å². The standard InChI is InChI=1S/C24H25ClN4/c1-24(2)14-17-6-3-4-7-18(17)15-29(24)22-13-21(16-10-11-16)27-23(28-22)26-20-9-5-8-19(25)12-20/h3-9,12-13,16H,10-11,14-15H2,1-2H3,(H,26,27,28). The molecule has 0 spiro atoms. The average Bonchev–Trinajstić information content (AvgIpc) is 3.52. The lowest BCUT2D eigenvalue weighted by Crippen LogP contribution is -2.49. The fraction of sp³-hybridized carbons (Fsp3) is 0.333. The molecule has 5 rings (SSSR count). The largest absolute Gasteiger partial charge is 0.347 e. The minimum Gasteiger partial charge on any atom is -0.347 e. The number of nitrogens with zero attached hydrogens (tertiary/aromatic N) is 3. The zero-order chi connectivity index (χ0) is 20.0. The van der Waals surface area contributed by atoms with Crippen molar-refractivity contribution in [3.8, 4) is 0 Å². The lowest BCUT2D eigenvalue weighted by molar-refractivity contribution is 0.427. The summed E-state index contributed by atoms with van der Waals surface area (Å²) >= 11 is 6.15. The molecule has 0 saturated heterocycles. The number of anilines is 3. The molecule has 1 aliphatic heterocycles. The predicted molar refractivity (Wildman–Crippen MR) is 119 cm³/mol. The maximum Gasteiger partial charge on any atom is 0.229 e.